The van der Waals surface area contributed by atoms with Gasteiger partial charge < -0.3 is 10.1 Å². The quantitative estimate of drug-likeness (QED) is 0.759. The van der Waals surface area contributed by atoms with E-state index in [1.54, 1.807) is 0 Å². The molecule has 1 fully saturated rings. The Hall–Kier alpha value is -2.59. The number of carbonyl (C=O) groups excluding carboxylic acids is 1. The molecule has 0 aromatic heterocycles. The van der Waals surface area contributed by atoms with E-state index in [9.17, 15) is 26.4 Å². The van der Waals surface area contributed by atoms with Crippen LogP contribution in [0.25, 0.3) is 0 Å². The van der Waals surface area contributed by atoms with E-state index >= 15 is 0 Å². The van der Waals surface area contributed by atoms with Gasteiger partial charge in [0.05, 0.1) is 28.8 Å². The lowest BCUT2D eigenvalue weighted by molar-refractivity contribution is -0.137. The van der Waals surface area contributed by atoms with Gasteiger partial charge in [0.15, 0.2) is 0 Å². The zero-order chi connectivity index (χ0) is 20.5. The van der Waals surface area contributed by atoms with Crippen molar-refractivity contribution in [2.75, 3.05) is 12.4 Å². The summed E-state index contributed by atoms with van der Waals surface area (Å²) in [6, 6.07) is 7.97. The highest BCUT2D eigenvalue weighted by Crippen LogP contribution is 2.33. The van der Waals surface area contributed by atoms with Crippen LogP contribution in [0, 0.1) is 0 Å². The van der Waals surface area contributed by atoms with E-state index in [4.69, 9.17) is 4.74 Å². The first-order valence-corrected chi connectivity index (χ1v) is 9.78. The molecule has 0 bridgehead atoms. The topological polar surface area (TPSA) is 84.5 Å². The zero-order valence-electron chi connectivity index (χ0n) is 14.7. The van der Waals surface area contributed by atoms with Gasteiger partial charge in [0.25, 0.3) is 5.91 Å². The molecule has 2 aromatic carbocycles. The van der Waals surface area contributed by atoms with E-state index < -0.39 is 33.2 Å². The molecule has 2 N–H and O–H groups in total. The Labute approximate surface area is 159 Å². The minimum absolute atomic E-state index is 0.0526. The summed E-state index contributed by atoms with van der Waals surface area (Å²) in [4.78, 5) is 12.3. The monoisotopic (exact) mass is 414 g/mol. The van der Waals surface area contributed by atoms with Crippen LogP contribution in [-0.4, -0.2) is 27.5 Å². The fourth-order valence-electron chi connectivity index (χ4n) is 2.56. The van der Waals surface area contributed by atoms with Crippen molar-refractivity contribution in [1.82, 2.24) is 4.72 Å². The maximum atomic E-state index is 13.1. The molecule has 10 heteroatoms. The number of alkyl halides is 3. The fraction of sp³-hybridized carbons (Fsp3) is 0.278. The molecule has 3 rings (SSSR count). The summed E-state index contributed by atoms with van der Waals surface area (Å²) in [6.45, 7) is 0. The number of sulfonamides is 1. The second kappa shape index (κ2) is 7.44. The van der Waals surface area contributed by atoms with Gasteiger partial charge in [-0.15, -0.1) is 0 Å². The van der Waals surface area contributed by atoms with Crippen molar-refractivity contribution in [2.24, 2.45) is 0 Å². The predicted molar refractivity (Wildman–Crippen MR) is 95.7 cm³/mol. The van der Waals surface area contributed by atoms with E-state index in [2.05, 4.69) is 10.0 Å². The molecule has 0 spiro atoms. The minimum atomic E-state index is -4.71. The van der Waals surface area contributed by atoms with Gasteiger partial charge in [-0.2, -0.15) is 13.2 Å². The molecule has 0 saturated heterocycles. The van der Waals surface area contributed by atoms with Gasteiger partial charge in [-0.05, 0) is 43.2 Å². The number of benzene rings is 2. The number of methoxy groups -OCH3 is 1. The van der Waals surface area contributed by atoms with E-state index in [0.717, 1.165) is 31.0 Å². The van der Waals surface area contributed by atoms with Crippen molar-refractivity contribution in [3.63, 3.8) is 0 Å². The van der Waals surface area contributed by atoms with Gasteiger partial charge in [0.1, 0.15) is 5.75 Å². The third-order valence-electron chi connectivity index (χ3n) is 4.11. The first-order valence-electron chi connectivity index (χ1n) is 8.30. The molecule has 0 aliphatic heterocycles. The smallest absolute Gasteiger partial charge is 0.417 e. The Balaban J connectivity index is 1.93. The lowest BCUT2D eigenvalue weighted by Crippen LogP contribution is -2.26. The van der Waals surface area contributed by atoms with E-state index in [1.165, 1.54) is 31.4 Å². The number of amides is 1. The Morgan fingerprint density at radius 3 is 2.43 bits per heavy atom. The molecule has 1 aliphatic rings. The zero-order valence-corrected chi connectivity index (χ0v) is 15.5. The summed E-state index contributed by atoms with van der Waals surface area (Å²) in [7, 11) is -2.52. The number of hydrogen-bond acceptors (Lipinski definition) is 4. The second-order valence-corrected chi connectivity index (χ2v) is 7.97. The van der Waals surface area contributed by atoms with Crippen LogP contribution in [0.15, 0.2) is 47.4 Å². The molecule has 1 aliphatic carbocycles. The predicted octanol–water partition coefficient (Wildman–Crippen LogP) is 3.41. The van der Waals surface area contributed by atoms with Gasteiger partial charge in [-0.1, -0.05) is 12.1 Å². The number of ether oxygens (including phenoxy) is 1. The molecule has 1 saturated carbocycles. The van der Waals surface area contributed by atoms with Crippen molar-refractivity contribution in [3.8, 4) is 5.75 Å². The largest absolute Gasteiger partial charge is 0.495 e. The molecule has 150 valence electrons. The van der Waals surface area contributed by atoms with E-state index in [0.29, 0.717) is 0 Å². The van der Waals surface area contributed by atoms with Crippen LogP contribution in [0.2, 0.25) is 0 Å². The molecule has 2 aromatic rings. The molecule has 0 unspecified atom stereocenters. The number of anilines is 1. The van der Waals surface area contributed by atoms with Crippen molar-refractivity contribution in [3.05, 3.63) is 53.6 Å². The van der Waals surface area contributed by atoms with E-state index in [1.807, 2.05) is 0 Å². The van der Waals surface area contributed by atoms with Crippen LogP contribution in [0.3, 0.4) is 0 Å². The average Bonchev–Trinajstić information content (AvgIpc) is 3.44. The molecular weight excluding hydrogens is 397 g/mol. The van der Waals surface area contributed by atoms with Gasteiger partial charge in [-0.3, -0.25) is 4.79 Å². The lowest BCUT2D eigenvalue weighted by atomic mass is 10.1. The Morgan fingerprint density at radius 2 is 1.82 bits per heavy atom. The van der Waals surface area contributed by atoms with Crippen molar-refractivity contribution < 1.29 is 31.1 Å². The van der Waals surface area contributed by atoms with Crippen LogP contribution in [0.1, 0.15) is 28.8 Å². The highest BCUT2D eigenvalue weighted by molar-refractivity contribution is 7.89. The highest BCUT2D eigenvalue weighted by Gasteiger charge is 2.35. The number of hydrogen-bond donors (Lipinski definition) is 2. The molecule has 1 amide bonds. The number of nitrogens with one attached hydrogen (secondary N) is 2. The summed E-state index contributed by atoms with van der Waals surface area (Å²) < 4.78 is 71.8. The molecular formula is C18H17F3N2O4S. The first-order chi connectivity index (χ1) is 13.1. The van der Waals surface area contributed by atoms with Crippen LogP contribution >= 0.6 is 0 Å². The Bertz CT molecular complexity index is 1000. The fourth-order valence-corrected chi connectivity index (χ4v) is 3.89. The van der Waals surface area contributed by atoms with Crippen LogP contribution in [-0.2, 0) is 16.2 Å². The molecule has 28 heavy (non-hydrogen) atoms. The third kappa shape index (κ3) is 4.45. The van der Waals surface area contributed by atoms with Gasteiger partial charge >= 0.3 is 6.18 Å². The van der Waals surface area contributed by atoms with Crippen molar-refractivity contribution in [1.29, 1.82) is 0 Å². The number of halogens is 3. The molecule has 6 nitrogen and oxygen atoms in total. The summed E-state index contributed by atoms with van der Waals surface area (Å²) in [5.74, 6) is -0.917. The Morgan fingerprint density at radius 1 is 1.14 bits per heavy atom. The van der Waals surface area contributed by atoms with Gasteiger partial charge in [0, 0.05) is 6.04 Å². The maximum absolute atomic E-state index is 13.1. The molecule has 0 radical (unpaired) electrons. The maximum Gasteiger partial charge on any atom is 0.417 e. The van der Waals surface area contributed by atoms with Crippen molar-refractivity contribution >= 4 is 21.6 Å². The molecule has 0 heterocycles. The molecule has 0 atom stereocenters. The first kappa shape index (κ1) is 20.2. The minimum Gasteiger partial charge on any atom is -0.495 e. The van der Waals surface area contributed by atoms with E-state index in [-0.39, 0.29) is 22.4 Å². The lowest BCUT2D eigenvalue weighted by Gasteiger charge is -2.15. The highest BCUT2D eigenvalue weighted by atomic mass is 32.2. The second-order valence-electron chi connectivity index (χ2n) is 6.26. The van der Waals surface area contributed by atoms with Crippen molar-refractivity contribution in [2.45, 2.75) is 30.0 Å². The summed E-state index contributed by atoms with van der Waals surface area (Å²) in [6.07, 6.45) is -3.22. The number of rotatable bonds is 6. The van der Waals surface area contributed by atoms with Crippen LogP contribution in [0.5, 0.6) is 5.75 Å². The summed E-state index contributed by atoms with van der Waals surface area (Å²) >= 11 is 0. The van der Waals surface area contributed by atoms with Gasteiger partial charge in [0.2, 0.25) is 10.0 Å². The summed E-state index contributed by atoms with van der Waals surface area (Å²) in [5, 5.41) is 2.32. The van der Waals surface area contributed by atoms with Crippen LogP contribution in [0.4, 0.5) is 18.9 Å². The SMILES string of the molecule is COc1ccc(S(=O)(=O)NC2CC2)cc1NC(=O)c1ccccc1C(F)(F)F. The van der Waals surface area contributed by atoms with Crippen LogP contribution < -0.4 is 14.8 Å². The normalized spacial score (nSPS) is 14.6. The Kier molecular flexibility index (Phi) is 5.35. The third-order valence-corrected chi connectivity index (χ3v) is 5.62. The average molecular weight is 414 g/mol. The number of carbonyl (C=O) groups is 1. The standard InChI is InChI=1S/C18H17F3N2O4S/c1-27-16-9-8-12(28(25,26)23-11-6-7-11)10-15(16)22-17(24)13-4-2-3-5-14(13)18(19,20)21/h2-5,8-11,23H,6-7H2,1H3,(H,22,24). The van der Waals surface area contributed by atoms with Gasteiger partial charge in [-0.25, -0.2) is 13.1 Å². The summed E-state index contributed by atoms with van der Waals surface area (Å²) in [5.41, 5.74) is -1.73.